The zero-order valence-corrected chi connectivity index (χ0v) is 7.04. The van der Waals surface area contributed by atoms with Crippen LogP contribution in [0.1, 0.15) is 17.7 Å². The Balaban J connectivity index is 3.25. The van der Waals surface area contributed by atoms with E-state index in [2.05, 4.69) is 4.98 Å². The number of anilines is 1. The summed E-state index contributed by atoms with van der Waals surface area (Å²) in [5.41, 5.74) is 4.65. The van der Waals surface area contributed by atoms with Gasteiger partial charge in [0.15, 0.2) is 11.6 Å². The number of aromatic hydroxyl groups is 1. The van der Waals surface area contributed by atoms with Crippen molar-refractivity contribution in [2.75, 3.05) is 5.73 Å². The van der Waals surface area contributed by atoms with Gasteiger partial charge in [-0.3, -0.25) is 0 Å². The van der Waals surface area contributed by atoms with Crippen LogP contribution in [0, 0.1) is 11.3 Å². The van der Waals surface area contributed by atoms with Gasteiger partial charge in [0.2, 0.25) is 0 Å². The summed E-state index contributed by atoms with van der Waals surface area (Å²) in [7, 11) is 0. The number of nitrogens with two attached hydrogens (primary N) is 1. The molecule has 0 spiro atoms. The summed E-state index contributed by atoms with van der Waals surface area (Å²) in [5.74, 6) is -0.748. The largest absolute Gasteiger partial charge is 0.504 e. The van der Waals surface area contributed by atoms with Crippen molar-refractivity contribution in [3.05, 3.63) is 17.3 Å². The molecule has 0 amide bonds. The van der Waals surface area contributed by atoms with Crippen molar-refractivity contribution < 1.29 is 13.9 Å². The predicted octanol–water partition coefficient (Wildman–Crippen LogP) is 1.37. The molecule has 0 aliphatic heterocycles. The number of rotatable bonds is 2. The summed E-state index contributed by atoms with van der Waals surface area (Å²) in [4.78, 5) is 3.51. The molecule has 1 aromatic heterocycles. The van der Waals surface area contributed by atoms with E-state index in [1.165, 1.54) is 0 Å². The Hall–Kier alpha value is -1.90. The average molecular weight is 199 g/mol. The average Bonchev–Trinajstić information content (AvgIpc) is 2.11. The Labute approximate surface area is 78.6 Å². The van der Waals surface area contributed by atoms with E-state index < -0.39 is 17.7 Å². The van der Waals surface area contributed by atoms with Gasteiger partial charge in [0.25, 0.3) is 6.43 Å². The van der Waals surface area contributed by atoms with Gasteiger partial charge >= 0.3 is 0 Å². The monoisotopic (exact) mass is 199 g/mol. The minimum absolute atomic E-state index is 0.0993. The van der Waals surface area contributed by atoms with E-state index in [1.54, 1.807) is 6.07 Å². The predicted molar refractivity (Wildman–Crippen MR) is 44.6 cm³/mol. The summed E-state index contributed by atoms with van der Waals surface area (Å²) >= 11 is 0. The van der Waals surface area contributed by atoms with E-state index in [1.807, 2.05) is 0 Å². The highest BCUT2D eigenvalue weighted by Gasteiger charge is 2.16. The molecule has 1 rings (SSSR count). The number of alkyl halides is 2. The third-order valence-corrected chi connectivity index (χ3v) is 1.62. The number of halogens is 2. The molecule has 0 aliphatic carbocycles. The highest BCUT2D eigenvalue weighted by molar-refractivity contribution is 5.48. The number of aromatic nitrogens is 1. The van der Waals surface area contributed by atoms with E-state index in [0.717, 1.165) is 6.07 Å². The van der Waals surface area contributed by atoms with Crippen LogP contribution in [0.4, 0.5) is 14.6 Å². The Morgan fingerprint density at radius 1 is 1.64 bits per heavy atom. The van der Waals surface area contributed by atoms with Crippen LogP contribution in [0.2, 0.25) is 0 Å². The zero-order chi connectivity index (χ0) is 10.7. The van der Waals surface area contributed by atoms with Gasteiger partial charge in [0.1, 0.15) is 0 Å². The first-order valence-electron chi connectivity index (χ1n) is 3.69. The van der Waals surface area contributed by atoms with Crippen LogP contribution < -0.4 is 5.73 Å². The van der Waals surface area contributed by atoms with E-state index >= 15 is 0 Å². The lowest BCUT2D eigenvalue weighted by molar-refractivity contribution is 0.149. The first kappa shape index (κ1) is 10.2. The SMILES string of the molecule is N#CCc1nc(N)c(O)cc1C(F)F. The minimum atomic E-state index is -2.78. The third-order valence-electron chi connectivity index (χ3n) is 1.62. The van der Waals surface area contributed by atoms with Crippen molar-refractivity contribution in [3.8, 4) is 11.8 Å². The third kappa shape index (κ3) is 1.88. The maximum Gasteiger partial charge on any atom is 0.265 e. The van der Waals surface area contributed by atoms with Crippen LogP contribution in [0.15, 0.2) is 6.07 Å². The first-order valence-corrected chi connectivity index (χ1v) is 3.69. The van der Waals surface area contributed by atoms with E-state index in [4.69, 9.17) is 16.1 Å². The van der Waals surface area contributed by atoms with E-state index in [0.29, 0.717) is 0 Å². The van der Waals surface area contributed by atoms with Crippen LogP contribution >= 0.6 is 0 Å². The van der Waals surface area contributed by atoms with Gasteiger partial charge in [0, 0.05) is 5.56 Å². The fourth-order valence-electron chi connectivity index (χ4n) is 0.977. The maximum atomic E-state index is 12.4. The highest BCUT2D eigenvalue weighted by atomic mass is 19.3. The zero-order valence-electron chi connectivity index (χ0n) is 7.04. The lowest BCUT2D eigenvalue weighted by Gasteiger charge is -2.07. The van der Waals surface area contributed by atoms with Crippen LogP contribution in [0.3, 0.4) is 0 Å². The number of pyridine rings is 1. The molecule has 0 aromatic carbocycles. The van der Waals surface area contributed by atoms with Gasteiger partial charge in [-0.1, -0.05) is 0 Å². The molecule has 0 saturated heterocycles. The van der Waals surface area contributed by atoms with Crippen molar-refractivity contribution in [1.82, 2.24) is 4.98 Å². The molecular formula is C8H7F2N3O. The molecule has 0 atom stereocenters. The molecule has 4 nitrogen and oxygen atoms in total. The standard InChI is InChI=1S/C8H7F2N3O/c9-7(10)4-3-6(14)8(12)13-5(4)1-2-11/h3,7,14H,1H2,(H2,12,13). The maximum absolute atomic E-state index is 12.4. The van der Waals surface area contributed by atoms with Crippen molar-refractivity contribution in [3.63, 3.8) is 0 Å². The summed E-state index contributed by atoms with van der Waals surface area (Å²) in [6.45, 7) is 0. The molecule has 14 heavy (non-hydrogen) atoms. The van der Waals surface area contributed by atoms with E-state index in [-0.39, 0.29) is 17.9 Å². The quantitative estimate of drug-likeness (QED) is 0.753. The molecule has 0 unspecified atom stereocenters. The molecular weight excluding hydrogens is 192 g/mol. The molecule has 3 N–H and O–H groups in total. The molecule has 0 saturated carbocycles. The molecule has 0 radical (unpaired) electrons. The Kier molecular flexibility index (Phi) is 2.82. The molecule has 1 heterocycles. The van der Waals surface area contributed by atoms with E-state index in [9.17, 15) is 8.78 Å². The Morgan fingerprint density at radius 3 is 2.79 bits per heavy atom. The molecule has 0 aliphatic rings. The van der Waals surface area contributed by atoms with Gasteiger partial charge in [0.05, 0.1) is 18.2 Å². The molecule has 6 heteroatoms. The number of nitrogens with zero attached hydrogens (tertiary/aromatic N) is 2. The molecule has 1 aromatic rings. The molecule has 0 bridgehead atoms. The van der Waals surface area contributed by atoms with Crippen molar-refractivity contribution >= 4 is 5.82 Å². The van der Waals surface area contributed by atoms with Crippen molar-refractivity contribution in [1.29, 1.82) is 5.26 Å². The lowest BCUT2D eigenvalue weighted by Crippen LogP contribution is -2.01. The summed E-state index contributed by atoms with van der Waals surface area (Å²) in [6, 6.07) is 2.53. The molecule has 0 fully saturated rings. The fourth-order valence-corrected chi connectivity index (χ4v) is 0.977. The van der Waals surface area contributed by atoms with Crippen LogP contribution in [0.25, 0.3) is 0 Å². The van der Waals surface area contributed by atoms with Gasteiger partial charge in [-0.2, -0.15) is 5.26 Å². The van der Waals surface area contributed by atoms with Gasteiger partial charge in [-0.15, -0.1) is 0 Å². The second-order valence-corrected chi connectivity index (χ2v) is 2.56. The normalized spacial score (nSPS) is 10.1. The van der Waals surface area contributed by atoms with Gasteiger partial charge in [-0.05, 0) is 6.07 Å². The van der Waals surface area contributed by atoms with Crippen molar-refractivity contribution in [2.45, 2.75) is 12.8 Å². The molecule has 74 valence electrons. The second-order valence-electron chi connectivity index (χ2n) is 2.56. The highest BCUT2D eigenvalue weighted by Crippen LogP contribution is 2.28. The minimum Gasteiger partial charge on any atom is -0.504 e. The number of hydrogen-bond acceptors (Lipinski definition) is 4. The Bertz CT molecular complexity index is 387. The second kappa shape index (κ2) is 3.87. The van der Waals surface area contributed by atoms with Crippen LogP contribution in [0.5, 0.6) is 5.75 Å². The van der Waals surface area contributed by atoms with Crippen LogP contribution in [-0.4, -0.2) is 10.1 Å². The van der Waals surface area contributed by atoms with Gasteiger partial charge < -0.3 is 10.8 Å². The number of nitrogen functional groups attached to an aromatic ring is 1. The summed E-state index contributed by atoms with van der Waals surface area (Å²) in [6.07, 6.45) is -3.04. The number of nitriles is 1. The number of hydrogen-bond donors (Lipinski definition) is 2. The van der Waals surface area contributed by atoms with Gasteiger partial charge in [-0.25, -0.2) is 13.8 Å². The summed E-state index contributed by atoms with van der Waals surface area (Å²) in [5, 5.41) is 17.4. The fraction of sp³-hybridized carbons (Fsp3) is 0.250. The van der Waals surface area contributed by atoms with Crippen molar-refractivity contribution in [2.24, 2.45) is 0 Å². The Morgan fingerprint density at radius 2 is 2.29 bits per heavy atom. The lowest BCUT2D eigenvalue weighted by atomic mass is 10.1. The summed E-state index contributed by atoms with van der Waals surface area (Å²) < 4.78 is 24.7. The first-order chi connectivity index (χ1) is 6.56. The van der Waals surface area contributed by atoms with Crippen LogP contribution in [-0.2, 0) is 6.42 Å². The topological polar surface area (TPSA) is 82.9 Å². The smallest absolute Gasteiger partial charge is 0.265 e.